The van der Waals surface area contributed by atoms with E-state index in [1.165, 1.54) is 24.3 Å². The van der Waals surface area contributed by atoms with Crippen molar-refractivity contribution in [2.75, 3.05) is 6.26 Å². The summed E-state index contributed by atoms with van der Waals surface area (Å²) in [4.78, 5) is 0.167. The summed E-state index contributed by atoms with van der Waals surface area (Å²) in [6.07, 6.45) is 1.82. The molecule has 0 saturated carbocycles. The van der Waals surface area contributed by atoms with Gasteiger partial charge in [-0.1, -0.05) is 37.3 Å². The number of hydrogen-bond donors (Lipinski definition) is 0. The average molecular weight is 372 g/mol. The summed E-state index contributed by atoms with van der Waals surface area (Å²) in [6.45, 7) is 1.97. The van der Waals surface area contributed by atoms with Crippen molar-refractivity contribution in [2.45, 2.75) is 18.2 Å². The lowest BCUT2D eigenvalue weighted by atomic mass is 9.89. The van der Waals surface area contributed by atoms with Gasteiger partial charge in [0.25, 0.3) is 0 Å². The van der Waals surface area contributed by atoms with E-state index in [0.717, 1.165) is 17.4 Å². The summed E-state index contributed by atoms with van der Waals surface area (Å²) in [7, 11) is -3.52. The van der Waals surface area contributed by atoms with E-state index in [0.29, 0.717) is 23.1 Å². The van der Waals surface area contributed by atoms with Crippen LogP contribution in [0.4, 0.5) is 8.78 Å². The molecule has 26 heavy (non-hydrogen) atoms. The molecule has 0 heterocycles. The number of benzene rings is 3. The minimum atomic E-state index is -3.52. The van der Waals surface area contributed by atoms with E-state index in [1.807, 2.05) is 6.92 Å². The molecule has 3 rings (SSSR count). The van der Waals surface area contributed by atoms with Crippen LogP contribution in [0.15, 0.2) is 65.6 Å². The number of hydrogen-bond acceptors (Lipinski definition) is 2. The molecule has 2 nitrogen and oxygen atoms in total. The number of halogens is 2. The van der Waals surface area contributed by atoms with Gasteiger partial charge in [0, 0.05) is 11.8 Å². The third-order valence-corrected chi connectivity index (χ3v) is 5.44. The van der Waals surface area contributed by atoms with Gasteiger partial charge in [-0.3, -0.25) is 0 Å². The highest BCUT2D eigenvalue weighted by Gasteiger charge is 2.21. The van der Waals surface area contributed by atoms with Crippen LogP contribution in [0.25, 0.3) is 22.3 Å². The lowest BCUT2D eigenvalue weighted by Gasteiger charge is -2.18. The topological polar surface area (TPSA) is 34.1 Å². The average Bonchev–Trinajstić information content (AvgIpc) is 2.61. The first-order valence-corrected chi connectivity index (χ1v) is 10.1. The molecule has 0 N–H and O–H groups in total. The molecule has 134 valence electrons. The Labute approximate surface area is 152 Å². The lowest BCUT2D eigenvalue weighted by Crippen LogP contribution is -2.04. The van der Waals surface area contributed by atoms with Gasteiger partial charge in [0.1, 0.15) is 11.6 Å². The summed E-state index contributed by atoms with van der Waals surface area (Å²) in [6, 6.07) is 15.0. The van der Waals surface area contributed by atoms with Crippen molar-refractivity contribution in [3.05, 3.63) is 77.9 Å². The molecule has 0 fully saturated rings. The molecule has 0 bridgehead atoms. The Balaban J connectivity index is 2.43. The molecule has 0 unspecified atom stereocenters. The molecule has 0 spiro atoms. The third-order valence-electron chi connectivity index (χ3n) is 4.30. The molecule has 0 radical (unpaired) electrons. The lowest BCUT2D eigenvalue weighted by molar-refractivity contribution is 0.602. The molecule has 0 aromatic heterocycles. The molecular formula is C21H18F2O2S. The zero-order valence-corrected chi connectivity index (χ0v) is 15.3. The predicted molar refractivity (Wildman–Crippen MR) is 99.7 cm³/mol. The van der Waals surface area contributed by atoms with Crippen molar-refractivity contribution in [3.8, 4) is 22.3 Å². The van der Waals surface area contributed by atoms with Gasteiger partial charge in [0.2, 0.25) is 0 Å². The largest absolute Gasteiger partial charge is 0.224 e. The van der Waals surface area contributed by atoms with Gasteiger partial charge in [-0.05, 0) is 59.0 Å². The SMILES string of the molecule is CCc1ccc(S(C)(=O)=O)c(-c2ccc(F)cc2)c1-c1ccc(F)cc1. The van der Waals surface area contributed by atoms with E-state index in [-0.39, 0.29) is 10.7 Å². The zero-order chi connectivity index (χ0) is 18.9. The first kappa shape index (κ1) is 18.3. The molecule has 0 aliphatic rings. The summed E-state index contributed by atoms with van der Waals surface area (Å²) in [5, 5.41) is 0. The van der Waals surface area contributed by atoms with Crippen LogP contribution in [0.2, 0.25) is 0 Å². The smallest absolute Gasteiger partial charge is 0.176 e. The van der Waals surface area contributed by atoms with Gasteiger partial charge in [-0.2, -0.15) is 0 Å². The first-order valence-electron chi connectivity index (χ1n) is 8.19. The van der Waals surface area contributed by atoms with Crippen LogP contribution in [0, 0.1) is 11.6 Å². The van der Waals surface area contributed by atoms with E-state index in [1.54, 1.807) is 36.4 Å². The molecule has 0 saturated heterocycles. The molecule has 3 aromatic rings. The predicted octanol–water partition coefficient (Wildman–Crippen LogP) is 5.26. The second-order valence-corrected chi connectivity index (χ2v) is 8.10. The Bertz CT molecular complexity index is 1040. The van der Waals surface area contributed by atoms with Crippen LogP contribution in [0.3, 0.4) is 0 Å². The Hall–Kier alpha value is -2.53. The maximum Gasteiger partial charge on any atom is 0.176 e. The Morgan fingerprint density at radius 2 is 1.19 bits per heavy atom. The Kier molecular flexibility index (Phi) is 4.92. The third kappa shape index (κ3) is 3.53. The van der Waals surface area contributed by atoms with Crippen LogP contribution in [-0.4, -0.2) is 14.7 Å². The quantitative estimate of drug-likeness (QED) is 0.626. The highest BCUT2D eigenvalue weighted by Crippen LogP contribution is 2.40. The number of aryl methyl sites for hydroxylation is 1. The fourth-order valence-corrected chi connectivity index (χ4v) is 3.99. The maximum absolute atomic E-state index is 13.4. The molecule has 0 aliphatic heterocycles. The minimum absolute atomic E-state index is 0.167. The summed E-state index contributed by atoms with van der Waals surface area (Å²) in [5.41, 5.74) is 3.48. The van der Waals surface area contributed by atoms with Gasteiger partial charge in [-0.15, -0.1) is 0 Å². The van der Waals surface area contributed by atoms with Crippen LogP contribution in [0.5, 0.6) is 0 Å². The van der Waals surface area contributed by atoms with Crippen molar-refractivity contribution in [1.82, 2.24) is 0 Å². The van der Waals surface area contributed by atoms with Crippen LogP contribution in [0.1, 0.15) is 12.5 Å². The second-order valence-electron chi connectivity index (χ2n) is 6.11. The molecule has 0 atom stereocenters. The highest BCUT2D eigenvalue weighted by atomic mass is 32.2. The van der Waals surface area contributed by atoms with Crippen LogP contribution < -0.4 is 0 Å². The first-order chi connectivity index (χ1) is 12.3. The van der Waals surface area contributed by atoms with Gasteiger partial charge in [0.05, 0.1) is 4.90 Å². The fourth-order valence-electron chi connectivity index (χ4n) is 3.08. The van der Waals surface area contributed by atoms with Crippen LogP contribution in [-0.2, 0) is 16.3 Å². The molecule has 0 aliphatic carbocycles. The fraction of sp³-hybridized carbons (Fsp3) is 0.143. The molecular weight excluding hydrogens is 354 g/mol. The van der Waals surface area contributed by atoms with Gasteiger partial charge < -0.3 is 0 Å². The van der Waals surface area contributed by atoms with E-state index < -0.39 is 15.7 Å². The second kappa shape index (κ2) is 7.00. The van der Waals surface area contributed by atoms with E-state index in [9.17, 15) is 17.2 Å². The monoisotopic (exact) mass is 372 g/mol. The zero-order valence-electron chi connectivity index (χ0n) is 14.5. The normalized spacial score (nSPS) is 11.5. The van der Waals surface area contributed by atoms with Gasteiger partial charge in [0.15, 0.2) is 9.84 Å². The van der Waals surface area contributed by atoms with E-state index >= 15 is 0 Å². The van der Waals surface area contributed by atoms with Crippen molar-refractivity contribution < 1.29 is 17.2 Å². The summed E-state index contributed by atoms with van der Waals surface area (Å²) < 4.78 is 51.6. The van der Waals surface area contributed by atoms with Gasteiger partial charge in [-0.25, -0.2) is 17.2 Å². The van der Waals surface area contributed by atoms with Crippen molar-refractivity contribution in [1.29, 1.82) is 0 Å². The highest BCUT2D eigenvalue weighted by molar-refractivity contribution is 7.90. The van der Waals surface area contributed by atoms with Crippen molar-refractivity contribution >= 4 is 9.84 Å². The van der Waals surface area contributed by atoms with Crippen molar-refractivity contribution in [2.24, 2.45) is 0 Å². The standard InChI is InChI=1S/C21H18F2O2S/c1-3-14-8-13-19(26(2,24)25)21(16-6-11-18(23)12-7-16)20(14)15-4-9-17(22)10-5-15/h4-13H,3H2,1-2H3. The van der Waals surface area contributed by atoms with Crippen molar-refractivity contribution in [3.63, 3.8) is 0 Å². The summed E-state index contributed by atoms with van der Waals surface area (Å²) >= 11 is 0. The molecule has 0 amide bonds. The number of sulfone groups is 1. The Morgan fingerprint density at radius 1 is 0.731 bits per heavy atom. The number of rotatable bonds is 4. The van der Waals surface area contributed by atoms with E-state index in [4.69, 9.17) is 0 Å². The molecule has 5 heteroatoms. The summed E-state index contributed by atoms with van der Waals surface area (Å²) in [5.74, 6) is -0.765. The maximum atomic E-state index is 13.4. The Morgan fingerprint density at radius 3 is 1.62 bits per heavy atom. The molecule has 3 aromatic carbocycles. The van der Waals surface area contributed by atoms with Gasteiger partial charge >= 0.3 is 0 Å². The van der Waals surface area contributed by atoms with Crippen LogP contribution >= 0.6 is 0 Å². The van der Waals surface area contributed by atoms with E-state index in [2.05, 4.69) is 0 Å². The minimum Gasteiger partial charge on any atom is -0.224 e.